The lowest BCUT2D eigenvalue weighted by molar-refractivity contribution is -0.118. The summed E-state index contributed by atoms with van der Waals surface area (Å²) in [6, 6.07) is 2.94. The molecule has 0 saturated heterocycles. The molecule has 0 atom stereocenters. The second-order valence-corrected chi connectivity index (χ2v) is 6.86. The molecule has 7 nitrogen and oxygen atoms in total. The first-order valence-electron chi connectivity index (χ1n) is 8.15. The zero-order valence-electron chi connectivity index (χ0n) is 15.1. The summed E-state index contributed by atoms with van der Waals surface area (Å²) >= 11 is 1.31. The lowest BCUT2D eigenvalue weighted by Gasteiger charge is -2.08. The van der Waals surface area contributed by atoms with E-state index in [0.29, 0.717) is 10.6 Å². The van der Waals surface area contributed by atoms with E-state index in [-0.39, 0.29) is 36.1 Å². The van der Waals surface area contributed by atoms with Crippen molar-refractivity contribution in [2.24, 2.45) is 0 Å². The molecule has 2 heterocycles. The SMILES string of the molecule is CCOC(=O)c1cc(C(C)C)sc1NC(=O)COc1c(C)occc1=O. The molecule has 2 aromatic heterocycles. The molecule has 0 fully saturated rings. The van der Waals surface area contributed by atoms with Crippen molar-refractivity contribution in [3.63, 3.8) is 0 Å². The van der Waals surface area contributed by atoms with E-state index in [4.69, 9.17) is 13.9 Å². The highest BCUT2D eigenvalue weighted by Gasteiger charge is 2.20. The van der Waals surface area contributed by atoms with Gasteiger partial charge in [0.15, 0.2) is 6.61 Å². The van der Waals surface area contributed by atoms with Crippen LogP contribution in [0.1, 0.15) is 47.7 Å². The molecule has 0 aliphatic heterocycles. The Morgan fingerprint density at radius 2 is 2.08 bits per heavy atom. The Kier molecular flexibility index (Phi) is 6.57. The van der Waals surface area contributed by atoms with Crippen molar-refractivity contribution in [1.82, 2.24) is 0 Å². The molecule has 8 heteroatoms. The molecule has 0 unspecified atom stereocenters. The highest BCUT2D eigenvalue weighted by molar-refractivity contribution is 7.16. The van der Waals surface area contributed by atoms with Crippen molar-refractivity contribution < 1.29 is 23.5 Å². The van der Waals surface area contributed by atoms with Crippen LogP contribution in [0, 0.1) is 6.92 Å². The first kappa shape index (κ1) is 19.7. The van der Waals surface area contributed by atoms with Crippen molar-refractivity contribution in [2.45, 2.75) is 33.6 Å². The zero-order chi connectivity index (χ0) is 19.3. The van der Waals surface area contributed by atoms with Crippen LogP contribution in [0.4, 0.5) is 5.00 Å². The summed E-state index contributed by atoms with van der Waals surface area (Å²) in [5, 5.41) is 3.06. The van der Waals surface area contributed by atoms with Crippen LogP contribution in [0.25, 0.3) is 0 Å². The van der Waals surface area contributed by atoms with Gasteiger partial charge in [-0.1, -0.05) is 13.8 Å². The van der Waals surface area contributed by atoms with E-state index in [0.717, 1.165) is 4.88 Å². The molecule has 2 aromatic rings. The van der Waals surface area contributed by atoms with Crippen molar-refractivity contribution >= 4 is 28.2 Å². The fourth-order valence-electron chi connectivity index (χ4n) is 2.12. The summed E-state index contributed by atoms with van der Waals surface area (Å²) in [5.41, 5.74) is -0.0590. The number of ether oxygens (including phenoxy) is 2. The van der Waals surface area contributed by atoms with E-state index in [9.17, 15) is 14.4 Å². The quantitative estimate of drug-likeness (QED) is 0.742. The summed E-state index contributed by atoms with van der Waals surface area (Å²) < 4.78 is 15.4. The minimum absolute atomic E-state index is 0.0117. The van der Waals surface area contributed by atoms with Crippen LogP contribution in [-0.2, 0) is 9.53 Å². The molecule has 0 aliphatic carbocycles. The van der Waals surface area contributed by atoms with Crippen LogP contribution in [0.15, 0.2) is 27.6 Å². The second kappa shape index (κ2) is 8.66. The number of carbonyl (C=O) groups excluding carboxylic acids is 2. The third-order valence-corrected chi connectivity index (χ3v) is 4.77. The third-order valence-electron chi connectivity index (χ3n) is 3.42. The Hall–Kier alpha value is -2.61. The van der Waals surface area contributed by atoms with Gasteiger partial charge in [0, 0.05) is 10.9 Å². The first-order valence-corrected chi connectivity index (χ1v) is 8.97. The van der Waals surface area contributed by atoms with Gasteiger partial charge >= 0.3 is 5.97 Å². The molecule has 0 aliphatic rings. The average molecular weight is 379 g/mol. The molecular formula is C18H21NO6S. The van der Waals surface area contributed by atoms with Gasteiger partial charge in [0.1, 0.15) is 10.8 Å². The van der Waals surface area contributed by atoms with Crippen LogP contribution in [0.2, 0.25) is 0 Å². The summed E-state index contributed by atoms with van der Waals surface area (Å²) in [4.78, 5) is 37.0. The lowest BCUT2D eigenvalue weighted by atomic mass is 10.1. The number of hydrogen-bond donors (Lipinski definition) is 1. The zero-order valence-corrected chi connectivity index (χ0v) is 15.9. The summed E-state index contributed by atoms with van der Waals surface area (Å²) in [5.74, 6) is -0.508. The van der Waals surface area contributed by atoms with E-state index in [2.05, 4.69) is 5.32 Å². The maximum Gasteiger partial charge on any atom is 0.341 e. The number of aryl methyl sites for hydroxylation is 1. The minimum Gasteiger partial charge on any atom is -0.476 e. The van der Waals surface area contributed by atoms with Gasteiger partial charge in [0.2, 0.25) is 11.2 Å². The molecule has 1 amide bonds. The van der Waals surface area contributed by atoms with Crippen LogP contribution < -0.4 is 15.5 Å². The van der Waals surface area contributed by atoms with E-state index in [1.807, 2.05) is 13.8 Å². The van der Waals surface area contributed by atoms with Crippen molar-refractivity contribution in [3.8, 4) is 5.75 Å². The monoisotopic (exact) mass is 379 g/mol. The summed E-state index contributed by atoms with van der Waals surface area (Å²) in [6.07, 6.45) is 1.26. The number of amides is 1. The van der Waals surface area contributed by atoms with E-state index in [1.165, 1.54) is 23.7 Å². The number of esters is 1. The maximum atomic E-state index is 12.2. The molecule has 1 N–H and O–H groups in total. The van der Waals surface area contributed by atoms with Gasteiger partial charge in [-0.25, -0.2) is 4.79 Å². The standard InChI is InChI=1S/C18H21NO6S/c1-5-23-18(22)12-8-14(10(2)3)26-17(12)19-15(21)9-25-16-11(4)24-7-6-13(16)20/h6-8,10H,5,9H2,1-4H3,(H,19,21). The predicted octanol–water partition coefficient (Wildman–Crippen LogP) is 3.33. The molecule has 0 saturated carbocycles. The number of rotatable bonds is 7. The molecule has 26 heavy (non-hydrogen) atoms. The van der Waals surface area contributed by atoms with Gasteiger partial charge in [-0.3, -0.25) is 9.59 Å². The van der Waals surface area contributed by atoms with Gasteiger partial charge < -0.3 is 19.2 Å². The lowest BCUT2D eigenvalue weighted by Crippen LogP contribution is -2.23. The van der Waals surface area contributed by atoms with Gasteiger partial charge in [-0.2, -0.15) is 0 Å². The van der Waals surface area contributed by atoms with E-state index in [1.54, 1.807) is 19.9 Å². The van der Waals surface area contributed by atoms with Crippen molar-refractivity contribution in [2.75, 3.05) is 18.5 Å². The summed E-state index contributed by atoms with van der Waals surface area (Å²) in [7, 11) is 0. The Bertz CT molecular complexity index is 852. The van der Waals surface area contributed by atoms with Crippen LogP contribution in [0.5, 0.6) is 5.75 Å². The van der Waals surface area contributed by atoms with Crippen LogP contribution >= 0.6 is 11.3 Å². The van der Waals surface area contributed by atoms with Crippen LogP contribution in [-0.4, -0.2) is 25.1 Å². The normalized spacial score (nSPS) is 10.7. The Labute approximate surface area is 154 Å². The summed E-state index contributed by atoms with van der Waals surface area (Å²) in [6.45, 7) is 7.13. The molecule has 2 rings (SSSR count). The van der Waals surface area contributed by atoms with Crippen LogP contribution in [0.3, 0.4) is 0 Å². The van der Waals surface area contributed by atoms with Crippen molar-refractivity contribution in [3.05, 3.63) is 44.8 Å². The molecule has 0 radical (unpaired) electrons. The topological polar surface area (TPSA) is 94.8 Å². The van der Waals surface area contributed by atoms with Gasteiger partial charge in [-0.15, -0.1) is 11.3 Å². The number of anilines is 1. The highest BCUT2D eigenvalue weighted by Crippen LogP contribution is 2.33. The van der Waals surface area contributed by atoms with Gasteiger partial charge in [-0.05, 0) is 25.8 Å². The second-order valence-electron chi connectivity index (χ2n) is 5.77. The Balaban J connectivity index is 2.12. The highest BCUT2D eigenvalue weighted by atomic mass is 32.1. The molecule has 140 valence electrons. The first-order chi connectivity index (χ1) is 12.3. The molecule has 0 aromatic carbocycles. The molecule has 0 bridgehead atoms. The average Bonchev–Trinajstić information content (AvgIpc) is 2.99. The number of nitrogens with one attached hydrogen (secondary N) is 1. The molecule has 0 spiro atoms. The van der Waals surface area contributed by atoms with E-state index >= 15 is 0 Å². The Morgan fingerprint density at radius 3 is 2.69 bits per heavy atom. The van der Waals surface area contributed by atoms with Crippen molar-refractivity contribution in [1.29, 1.82) is 0 Å². The number of carbonyl (C=O) groups is 2. The Morgan fingerprint density at radius 1 is 1.35 bits per heavy atom. The number of thiophene rings is 1. The van der Waals surface area contributed by atoms with E-state index < -0.39 is 11.9 Å². The van der Waals surface area contributed by atoms with Gasteiger partial charge in [0.05, 0.1) is 18.4 Å². The molecular weight excluding hydrogens is 358 g/mol. The fraction of sp³-hybridized carbons (Fsp3) is 0.389. The fourth-order valence-corrected chi connectivity index (χ4v) is 3.19. The minimum atomic E-state index is -0.494. The smallest absolute Gasteiger partial charge is 0.341 e. The number of hydrogen-bond acceptors (Lipinski definition) is 7. The van der Waals surface area contributed by atoms with Gasteiger partial charge in [0.25, 0.3) is 5.91 Å². The largest absolute Gasteiger partial charge is 0.476 e. The third kappa shape index (κ3) is 4.72. The maximum absolute atomic E-state index is 12.2. The predicted molar refractivity (Wildman–Crippen MR) is 98.2 cm³/mol.